The fourth-order valence-electron chi connectivity index (χ4n) is 1.95. The number of nitrogens with two attached hydrogens (primary N) is 1. The number of H-pyrrole nitrogens is 1. The Morgan fingerprint density at radius 3 is 2.67 bits per heavy atom. The highest BCUT2D eigenvalue weighted by Gasteiger charge is 2.18. The minimum Gasteiger partial charge on any atom is -0.497 e. The summed E-state index contributed by atoms with van der Waals surface area (Å²) in [5.74, 6) is -0.475. The van der Waals surface area contributed by atoms with E-state index >= 15 is 0 Å². The van der Waals surface area contributed by atoms with Crippen molar-refractivity contribution in [2.24, 2.45) is 0 Å². The van der Waals surface area contributed by atoms with E-state index < -0.39 is 12.0 Å². The number of nitrogens with zero attached hydrogens (tertiary/aromatic N) is 2. The van der Waals surface area contributed by atoms with Gasteiger partial charge in [-0.2, -0.15) is 4.98 Å². The lowest BCUT2D eigenvalue weighted by atomic mass is 10.0. The lowest BCUT2D eigenvalue weighted by Gasteiger charge is -2.17. The number of benzene rings is 1. The maximum absolute atomic E-state index is 12.1. The summed E-state index contributed by atoms with van der Waals surface area (Å²) in [5, 5.41) is 18.4. The number of aromatic nitrogens is 3. The summed E-state index contributed by atoms with van der Waals surface area (Å²) < 4.78 is 5.07. The molecule has 0 bridgehead atoms. The zero-order valence-electron chi connectivity index (χ0n) is 12.9. The van der Waals surface area contributed by atoms with Crippen LogP contribution < -0.4 is 15.8 Å². The number of thioether (sulfide) groups is 1. The lowest BCUT2D eigenvalue weighted by molar-refractivity contribution is -0.137. The first-order valence-corrected chi connectivity index (χ1v) is 7.92. The van der Waals surface area contributed by atoms with Crippen molar-refractivity contribution in [2.45, 2.75) is 17.6 Å². The molecule has 2 rings (SSSR count). The number of nitrogen functional groups attached to an aromatic ring is 1. The molecule has 0 saturated carbocycles. The molecule has 0 unspecified atom stereocenters. The summed E-state index contributed by atoms with van der Waals surface area (Å²) >= 11 is 1.10. The van der Waals surface area contributed by atoms with Gasteiger partial charge in [-0.15, -0.1) is 5.10 Å². The van der Waals surface area contributed by atoms with Gasteiger partial charge >= 0.3 is 5.97 Å². The van der Waals surface area contributed by atoms with Crippen LogP contribution in [0.4, 0.5) is 5.95 Å². The number of ether oxygens (including phenoxy) is 1. The summed E-state index contributed by atoms with van der Waals surface area (Å²) in [4.78, 5) is 27.0. The second kappa shape index (κ2) is 8.20. The van der Waals surface area contributed by atoms with E-state index in [9.17, 15) is 9.59 Å². The molecule has 10 heteroatoms. The first kappa shape index (κ1) is 17.6. The van der Waals surface area contributed by atoms with Crippen molar-refractivity contribution < 1.29 is 19.4 Å². The molecule has 0 spiro atoms. The van der Waals surface area contributed by atoms with Gasteiger partial charge in [0.1, 0.15) is 5.75 Å². The number of carbonyl (C=O) groups is 2. The molecule has 0 radical (unpaired) electrons. The summed E-state index contributed by atoms with van der Waals surface area (Å²) in [7, 11) is 1.54. The normalized spacial score (nSPS) is 11.7. The van der Waals surface area contributed by atoms with Crippen LogP contribution in [0, 0.1) is 0 Å². The number of methoxy groups -OCH3 is 1. The molecule has 0 aliphatic carbocycles. The number of aliphatic carboxylic acids is 1. The third-order valence-electron chi connectivity index (χ3n) is 3.05. The third-order valence-corrected chi connectivity index (χ3v) is 3.89. The van der Waals surface area contributed by atoms with Gasteiger partial charge in [0, 0.05) is 0 Å². The smallest absolute Gasteiger partial charge is 0.305 e. The Morgan fingerprint density at radius 1 is 1.42 bits per heavy atom. The molecule has 9 nitrogen and oxygen atoms in total. The molecule has 1 aromatic heterocycles. The van der Waals surface area contributed by atoms with Crippen molar-refractivity contribution in [2.75, 3.05) is 18.6 Å². The van der Waals surface area contributed by atoms with E-state index in [0.717, 1.165) is 11.8 Å². The Balaban J connectivity index is 1.98. The van der Waals surface area contributed by atoms with Crippen molar-refractivity contribution >= 4 is 29.6 Å². The van der Waals surface area contributed by atoms with Crippen molar-refractivity contribution in [1.82, 2.24) is 20.5 Å². The molecule has 1 aromatic carbocycles. The molecular weight excluding hydrogens is 334 g/mol. The number of amides is 1. The summed E-state index contributed by atoms with van der Waals surface area (Å²) in [6.45, 7) is 0. The van der Waals surface area contributed by atoms with Crippen molar-refractivity contribution in [3.63, 3.8) is 0 Å². The Morgan fingerprint density at radius 2 is 2.12 bits per heavy atom. The molecule has 0 aliphatic rings. The highest BCUT2D eigenvalue weighted by molar-refractivity contribution is 7.99. The van der Waals surface area contributed by atoms with E-state index in [2.05, 4.69) is 20.5 Å². The van der Waals surface area contributed by atoms with Gasteiger partial charge < -0.3 is 20.9 Å². The molecule has 128 valence electrons. The molecule has 5 N–H and O–H groups in total. The van der Waals surface area contributed by atoms with Gasteiger partial charge in [-0.25, -0.2) is 5.10 Å². The van der Waals surface area contributed by atoms with E-state index in [1.165, 1.54) is 0 Å². The van der Waals surface area contributed by atoms with Gasteiger partial charge in [-0.05, 0) is 17.7 Å². The average Bonchev–Trinajstić information content (AvgIpc) is 2.97. The number of hydrogen-bond acceptors (Lipinski definition) is 7. The number of hydrogen-bond donors (Lipinski definition) is 4. The standard InChI is InChI=1S/C14H17N5O4S/c1-23-9-4-2-8(3-5-9)10(6-12(21)22)16-11(20)7-24-14-17-13(15)18-19-14/h2-5,10H,6-7H2,1H3,(H,16,20)(H,21,22)(H3,15,17,18,19)/t10-/m1/s1. The Labute approximate surface area is 142 Å². The highest BCUT2D eigenvalue weighted by Crippen LogP contribution is 2.21. The van der Waals surface area contributed by atoms with Gasteiger partial charge in [-0.1, -0.05) is 23.9 Å². The number of rotatable bonds is 8. The van der Waals surface area contributed by atoms with Crippen LogP contribution in [0.25, 0.3) is 0 Å². The number of carbonyl (C=O) groups excluding carboxylic acids is 1. The van der Waals surface area contributed by atoms with Crippen molar-refractivity contribution in [3.8, 4) is 5.75 Å². The van der Waals surface area contributed by atoms with Crippen molar-refractivity contribution in [1.29, 1.82) is 0 Å². The van der Waals surface area contributed by atoms with Gasteiger partial charge in [0.25, 0.3) is 0 Å². The fraction of sp³-hybridized carbons (Fsp3) is 0.286. The maximum Gasteiger partial charge on any atom is 0.305 e. The molecule has 24 heavy (non-hydrogen) atoms. The number of anilines is 1. The zero-order valence-corrected chi connectivity index (χ0v) is 13.7. The molecule has 0 saturated heterocycles. The quantitative estimate of drug-likeness (QED) is 0.512. The Hall–Kier alpha value is -2.75. The van der Waals surface area contributed by atoms with Gasteiger partial charge in [0.2, 0.25) is 17.0 Å². The van der Waals surface area contributed by atoms with E-state index in [1.807, 2.05) is 0 Å². The van der Waals surface area contributed by atoms with Gasteiger partial charge in [0.15, 0.2) is 0 Å². The minimum atomic E-state index is -1.01. The van der Waals surface area contributed by atoms with Crippen LogP contribution in [0.1, 0.15) is 18.0 Å². The highest BCUT2D eigenvalue weighted by atomic mass is 32.2. The van der Waals surface area contributed by atoms with E-state index in [-0.39, 0.29) is 24.0 Å². The number of carboxylic acids is 1. The number of carboxylic acid groups (broad SMARTS) is 1. The Bertz CT molecular complexity index is 703. The average molecular weight is 351 g/mol. The second-order valence-corrected chi connectivity index (χ2v) is 5.73. The van der Waals surface area contributed by atoms with Crippen molar-refractivity contribution in [3.05, 3.63) is 29.8 Å². The molecule has 0 aliphatic heterocycles. The van der Waals surface area contributed by atoms with Crippen LogP contribution >= 0.6 is 11.8 Å². The van der Waals surface area contributed by atoms with Crippen LogP contribution in [0.2, 0.25) is 0 Å². The van der Waals surface area contributed by atoms with Crippen LogP contribution in [-0.2, 0) is 9.59 Å². The largest absolute Gasteiger partial charge is 0.497 e. The summed E-state index contributed by atoms with van der Waals surface area (Å²) in [5.41, 5.74) is 6.08. The third kappa shape index (κ3) is 5.16. The molecule has 1 atom stereocenters. The summed E-state index contributed by atoms with van der Waals surface area (Å²) in [6.07, 6.45) is -0.226. The first-order valence-electron chi connectivity index (χ1n) is 6.93. The van der Waals surface area contributed by atoms with E-state index in [4.69, 9.17) is 15.6 Å². The van der Waals surface area contributed by atoms with Gasteiger partial charge in [-0.3, -0.25) is 9.59 Å². The predicted molar refractivity (Wildman–Crippen MR) is 87.6 cm³/mol. The summed E-state index contributed by atoms with van der Waals surface area (Å²) in [6, 6.07) is 6.22. The topological polar surface area (TPSA) is 143 Å². The first-order chi connectivity index (χ1) is 11.5. The maximum atomic E-state index is 12.1. The molecule has 1 amide bonds. The molecule has 0 fully saturated rings. The van der Waals surface area contributed by atoms with Crippen LogP contribution in [0.3, 0.4) is 0 Å². The number of aromatic amines is 1. The van der Waals surface area contributed by atoms with E-state index in [1.54, 1.807) is 31.4 Å². The molecule has 1 heterocycles. The zero-order chi connectivity index (χ0) is 17.5. The predicted octanol–water partition coefficient (Wildman–Crippen LogP) is 0.820. The monoisotopic (exact) mass is 351 g/mol. The lowest BCUT2D eigenvalue weighted by Crippen LogP contribution is -2.31. The second-order valence-electron chi connectivity index (χ2n) is 4.78. The molecule has 2 aromatic rings. The Kier molecular flexibility index (Phi) is 6.01. The van der Waals surface area contributed by atoms with Crippen LogP contribution in [-0.4, -0.2) is 45.0 Å². The minimum absolute atomic E-state index is 0.0452. The SMILES string of the molecule is COc1ccc([C@@H](CC(=O)O)NC(=O)CSc2n[nH]c(N)n2)cc1. The van der Waals surface area contributed by atoms with Crippen LogP contribution in [0.15, 0.2) is 29.4 Å². The van der Waals surface area contributed by atoms with E-state index in [0.29, 0.717) is 16.5 Å². The van der Waals surface area contributed by atoms with Gasteiger partial charge in [0.05, 0.1) is 25.3 Å². The molecular formula is C14H17N5O4S. The fourth-order valence-corrected chi connectivity index (χ4v) is 2.57. The number of nitrogens with one attached hydrogen (secondary N) is 2. The van der Waals surface area contributed by atoms with Crippen LogP contribution in [0.5, 0.6) is 5.75 Å².